The second-order valence-electron chi connectivity index (χ2n) is 5.68. The lowest BCUT2D eigenvalue weighted by Crippen LogP contribution is -2.39. The summed E-state index contributed by atoms with van der Waals surface area (Å²) in [7, 11) is 0. The second-order valence-corrected chi connectivity index (χ2v) is 6.09. The Bertz CT molecular complexity index is 590. The highest BCUT2D eigenvalue weighted by molar-refractivity contribution is 6.33. The first-order valence-corrected chi connectivity index (χ1v) is 7.08. The summed E-state index contributed by atoms with van der Waals surface area (Å²) in [6, 6.07) is 4.27. The summed E-state index contributed by atoms with van der Waals surface area (Å²) in [5.74, 6) is -0.810. The van der Waals surface area contributed by atoms with Crippen LogP contribution >= 0.6 is 11.6 Å². The number of nitro groups is 1. The first kappa shape index (κ1) is 15.6. The Morgan fingerprint density at radius 1 is 1.52 bits per heavy atom. The van der Waals surface area contributed by atoms with Crippen molar-refractivity contribution in [2.24, 2.45) is 11.3 Å². The summed E-state index contributed by atoms with van der Waals surface area (Å²) in [4.78, 5) is 23.7. The Morgan fingerprint density at radius 2 is 2.19 bits per heavy atom. The molecule has 0 spiro atoms. The number of anilines is 1. The minimum absolute atomic E-state index is 0.00294. The van der Waals surface area contributed by atoms with Crippen molar-refractivity contribution in [1.82, 2.24) is 0 Å². The van der Waals surface area contributed by atoms with Crippen molar-refractivity contribution in [2.45, 2.75) is 20.3 Å². The van der Waals surface area contributed by atoms with E-state index in [0.29, 0.717) is 25.2 Å². The molecule has 1 aromatic carbocycles. The van der Waals surface area contributed by atoms with Crippen molar-refractivity contribution in [3.63, 3.8) is 0 Å². The number of carboxylic acids is 1. The lowest BCUT2D eigenvalue weighted by Gasteiger charge is -2.29. The number of halogens is 1. The van der Waals surface area contributed by atoms with Gasteiger partial charge in [0.1, 0.15) is 0 Å². The van der Waals surface area contributed by atoms with Gasteiger partial charge in [0.15, 0.2) is 0 Å². The zero-order valence-corrected chi connectivity index (χ0v) is 12.6. The number of carboxylic acid groups (broad SMARTS) is 1. The molecular weight excluding hydrogens is 296 g/mol. The molecule has 0 bridgehead atoms. The summed E-state index contributed by atoms with van der Waals surface area (Å²) in [6.07, 6.45) is 0.535. The van der Waals surface area contributed by atoms with E-state index in [1.54, 1.807) is 6.07 Å². The van der Waals surface area contributed by atoms with Crippen LogP contribution in [0.4, 0.5) is 11.4 Å². The predicted molar refractivity (Wildman–Crippen MR) is 79.8 cm³/mol. The van der Waals surface area contributed by atoms with E-state index < -0.39 is 16.3 Å². The van der Waals surface area contributed by atoms with Gasteiger partial charge >= 0.3 is 5.97 Å². The maximum Gasteiger partial charge on any atom is 0.311 e. The summed E-state index contributed by atoms with van der Waals surface area (Å²) in [5, 5.41) is 20.5. The number of aliphatic carboxylic acids is 1. The van der Waals surface area contributed by atoms with Crippen molar-refractivity contribution in [3.05, 3.63) is 33.3 Å². The van der Waals surface area contributed by atoms with E-state index in [9.17, 15) is 20.0 Å². The Balaban J connectivity index is 2.29. The van der Waals surface area contributed by atoms with E-state index >= 15 is 0 Å². The van der Waals surface area contributed by atoms with Crippen LogP contribution in [-0.2, 0) is 4.79 Å². The minimum Gasteiger partial charge on any atom is -0.481 e. The van der Waals surface area contributed by atoms with Gasteiger partial charge in [0.05, 0.1) is 21.0 Å². The fraction of sp³-hybridized carbons (Fsp3) is 0.500. The minimum atomic E-state index is -0.807. The SMILES string of the molecule is CC(C)C1(C(=O)O)CCN(c2ccc([N+](=O)[O-])cc2Cl)C1. The van der Waals surface area contributed by atoms with Crippen LogP contribution in [0.2, 0.25) is 5.02 Å². The van der Waals surface area contributed by atoms with Gasteiger partial charge < -0.3 is 10.0 Å². The van der Waals surface area contributed by atoms with E-state index in [4.69, 9.17) is 11.6 Å². The molecule has 21 heavy (non-hydrogen) atoms. The Morgan fingerprint density at radius 3 is 2.62 bits per heavy atom. The van der Waals surface area contributed by atoms with E-state index in [0.717, 1.165) is 0 Å². The maximum absolute atomic E-state index is 11.6. The number of nitrogens with zero attached hydrogens (tertiary/aromatic N) is 2. The lowest BCUT2D eigenvalue weighted by atomic mass is 9.76. The molecule has 1 aliphatic rings. The summed E-state index contributed by atoms with van der Waals surface area (Å²) in [5.41, 5.74) is -0.229. The molecule has 1 unspecified atom stereocenters. The van der Waals surface area contributed by atoms with Gasteiger partial charge in [-0.25, -0.2) is 0 Å². The molecule has 0 radical (unpaired) electrons. The average Bonchev–Trinajstić information content (AvgIpc) is 2.84. The highest BCUT2D eigenvalue weighted by Crippen LogP contribution is 2.42. The highest BCUT2D eigenvalue weighted by Gasteiger charge is 2.47. The molecule has 1 atom stereocenters. The van der Waals surface area contributed by atoms with Gasteiger partial charge in [-0.3, -0.25) is 14.9 Å². The van der Waals surface area contributed by atoms with Crippen molar-refractivity contribution < 1.29 is 14.8 Å². The lowest BCUT2D eigenvalue weighted by molar-refractivity contribution is -0.384. The topological polar surface area (TPSA) is 83.7 Å². The zero-order valence-electron chi connectivity index (χ0n) is 11.9. The van der Waals surface area contributed by atoms with Crippen LogP contribution in [0.25, 0.3) is 0 Å². The van der Waals surface area contributed by atoms with E-state index in [2.05, 4.69) is 0 Å². The van der Waals surface area contributed by atoms with Crippen LogP contribution in [0.5, 0.6) is 0 Å². The molecule has 6 nitrogen and oxygen atoms in total. The number of benzene rings is 1. The van der Waals surface area contributed by atoms with Crippen LogP contribution in [-0.4, -0.2) is 29.1 Å². The van der Waals surface area contributed by atoms with E-state index in [1.165, 1.54) is 12.1 Å². The normalized spacial score (nSPS) is 21.8. The Kier molecular flexibility index (Phi) is 4.09. The fourth-order valence-corrected chi connectivity index (χ4v) is 3.09. The third-order valence-corrected chi connectivity index (χ3v) is 4.62. The van der Waals surface area contributed by atoms with Crippen LogP contribution in [0.1, 0.15) is 20.3 Å². The van der Waals surface area contributed by atoms with E-state index in [1.807, 2.05) is 18.7 Å². The largest absolute Gasteiger partial charge is 0.481 e. The van der Waals surface area contributed by atoms with Crippen molar-refractivity contribution in [2.75, 3.05) is 18.0 Å². The van der Waals surface area contributed by atoms with Gasteiger partial charge in [-0.1, -0.05) is 25.4 Å². The van der Waals surface area contributed by atoms with Gasteiger partial charge in [-0.2, -0.15) is 0 Å². The average molecular weight is 313 g/mol. The van der Waals surface area contributed by atoms with E-state index in [-0.39, 0.29) is 16.6 Å². The second kappa shape index (κ2) is 5.52. The van der Waals surface area contributed by atoms with Crippen molar-refractivity contribution >= 4 is 28.9 Å². The molecule has 2 rings (SSSR count). The molecule has 1 fully saturated rings. The third kappa shape index (κ3) is 2.68. The third-order valence-electron chi connectivity index (χ3n) is 4.31. The maximum atomic E-state index is 11.6. The number of hydrogen-bond donors (Lipinski definition) is 1. The Hall–Kier alpha value is -1.82. The molecule has 1 saturated heterocycles. The fourth-order valence-electron chi connectivity index (χ4n) is 2.80. The molecule has 1 aliphatic heterocycles. The zero-order chi connectivity index (χ0) is 15.8. The molecule has 0 saturated carbocycles. The number of non-ortho nitro benzene ring substituents is 1. The smallest absolute Gasteiger partial charge is 0.311 e. The number of carbonyl (C=O) groups is 1. The van der Waals surface area contributed by atoms with Crippen molar-refractivity contribution in [3.8, 4) is 0 Å². The monoisotopic (exact) mass is 312 g/mol. The number of rotatable bonds is 4. The molecule has 114 valence electrons. The first-order valence-electron chi connectivity index (χ1n) is 6.70. The molecule has 0 aromatic heterocycles. The molecule has 0 aliphatic carbocycles. The van der Waals surface area contributed by atoms with Gasteiger partial charge in [0.25, 0.3) is 5.69 Å². The molecule has 1 N–H and O–H groups in total. The van der Waals surface area contributed by atoms with Crippen molar-refractivity contribution in [1.29, 1.82) is 0 Å². The van der Waals surface area contributed by atoms with Gasteiger partial charge in [-0.05, 0) is 18.4 Å². The van der Waals surface area contributed by atoms with Crippen LogP contribution in [0.3, 0.4) is 0 Å². The summed E-state index contributed by atoms with van der Waals surface area (Å²) in [6.45, 7) is 4.73. The summed E-state index contributed by atoms with van der Waals surface area (Å²) >= 11 is 6.11. The van der Waals surface area contributed by atoms with Crippen LogP contribution < -0.4 is 4.90 Å². The molecular formula is C14H17ClN2O4. The van der Waals surface area contributed by atoms with Gasteiger partial charge in [-0.15, -0.1) is 0 Å². The highest BCUT2D eigenvalue weighted by atomic mass is 35.5. The number of nitro benzene ring substituents is 1. The molecule has 7 heteroatoms. The number of hydrogen-bond acceptors (Lipinski definition) is 4. The standard InChI is InChI=1S/C14H17ClN2O4/c1-9(2)14(13(18)19)5-6-16(8-14)12-4-3-10(17(20)21)7-11(12)15/h3-4,7,9H,5-6,8H2,1-2H3,(H,18,19). The Labute approximate surface area is 127 Å². The first-order chi connectivity index (χ1) is 9.78. The van der Waals surface area contributed by atoms with Crippen LogP contribution in [0.15, 0.2) is 18.2 Å². The molecule has 0 amide bonds. The molecule has 1 heterocycles. The summed E-state index contributed by atoms with van der Waals surface area (Å²) < 4.78 is 0. The van der Waals surface area contributed by atoms with Gasteiger partial charge in [0.2, 0.25) is 0 Å². The molecule has 1 aromatic rings. The quantitative estimate of drug-likeness (QED) is 0.682. The predicted octanol–water partition coefficient (Wildman–Crippen LogP) is 3.19. The van der Waals surface area contributed by atoms with Crippen LogP contribution in [0, 0.1) is 21.4 Å². The van der Waals surface area contributed by atoms with Gasteiger partial charge in [0, 0.05) is 25.2 Å².